The van der Waals surface area contributed by atoms with Crippen molar-refractivity contribution in [3.8, 4) is 0 Å². The van der Waals surface area contributed by atoms with Crippen LogP contribution in [0.2, 0.25) is 0 Å². The van der Waals surface area contributed by atoms with Crippen LogP contribution in [0, 0.1) is 0 Å². The molecule has 2 aromatic rings. The van der Waals surface area contributed by atoms with Crippen molar-refractivity contribution in [2.45, 2.75) is 19.6 Å². The number of nitrogens with one attached hydrogen (secondary N) is 1. The van der Waals surface area contributed by atoms with E-state index in [2.05, 4.69) is 5.32 Å². The summed E-state index contributed by atoms with van der Waals surface area (Å²) in [5, 5.41) is 2.66. The van der Waals surface area contributed by atoms with Gasteiger partial charge in [0.15, 0.2) is 0 Å². The second-order valence-corrected chi connectivity index (χ2v) is 6.20. The maximum absolute atomic E-state index is 12.5. The van der Waals surface area contributed by atoms with E-state index in [4.69, 9.17) is 9.47 Å². The first-order valence-electron chi connectivity index (χ1n) is 8.60. The number of morpholine rings is 1. The number of carbonyl (C=O) groups is 2. The van der Waals surface area contributed by atoms with E-state index in [1.54, 1.807) is 29.2 Å². The summed E-state index contributed by atoms with van der Waals surface area (Å²) >= 11 is 0. The molecule has 2 amide bonds. The third-order valence-electron chi connectivity index (χ3n) is 4.12. The lowest BCUT2D eigenvalue weighted by Gasteiger charge is -2.31. The van der Waals surface area contributed by atoms with Crippen molar-refractivity contribution >= 4 is 17.7 Å². The monoisotopic (exact) mass is 354 g/mol. The molecule has 0 radical (unpaired) electrons. The van der Waals surface area contributed by atoms with E-state index >= 15 is 0 Å². The maximum atomic E-state index is 12.5. The van der Waals surface area contributed by atoms with E-state index in [1.807, 2.05) is 37.3 Å². The van der Waals surface area contributed by atoms with E-state index in [-0.39, 0.29) is 18.6 Å². The van der Waals surface area contributed by atoms with Gasteiger partial charge in [0, 0.05) is 24.3 Å². The van der Waals surface area contributed by atoms with Gasteiger partial charge in [0.1, 0.15) is 6.61 Å². The Balaban J connectivity index is 1.52. The standard InChI is InChI=1S/C20H22N2O4/c1-15-13-22(11-12-25-15)19(23)17-7-9-18(10-8-17)21-20(24)26-14-16-5-3-2-4-6-16/h2-10,15H,11-14H2,1H3,(H,21,24). The maximum Gasteiger partial charge on any atom is 0.411 e. The molecule has 0 aliphatic carbocycles. The normalized spacial score (nSPS) is 16.8. The van der Waals surface area contributed by atoms with E-state index in [0.717, 1.165) is 5.56 Å². The molecule has 136 valence electrons. The fourth-order valence-corrected chi connectivity index (χ4v) is 2.76. The predicted octanol–water partition coefficient (Wildman–Crippen LogP) is 3.30. The summed E-state index contributed by atoms with van der Waals surface area (Å²) < 4.78 is 10.6. The Morgan fingerprint density at radius 3 is 2.58 bits per heavy atom. The fourth-order valence-electron chi connectivity index (χ4n) is 2.76. The van der Waals surface area contributed by atoms with Crippen molar-refractivity contribution in [1.29, 1.82) is 0 Å². The number of hydrogen-bond acceptors (Lipinski definition) is 4. The fraction of sp³-hybridized carbons (Fsp3) is 0.300. The Bertz CT molecular complexity index is 746. The van der Waals surface area contributed by atoms with Gasteiger partial charge in [-0.25, -0.2) is 4.79 Å². The zero-order valence-corrected chi connectivity index (χ0v) is 14.7. The molecule has 0 bridgehead atoms. The zero-order valence-electron chi connectivity index (χ0n) is 14.7. The average molecular weight is 354 g/mol. The smallest absolute Gasteiger partial charge is 0.411 e. The van der Waals surface area contributed by atoms with E-state index in [0.29, 0.717) is 30.9 Å². The molecule has 1 heterocycles. The highest BCUT2D eigenvalue weighted by atomic mass is 16.5. The molecule has 2 aromatic carbocycles. The lowest BCUT2D eigenvalue weighted by atomic mass is 10.1. The number of amides is 2. The number of hydrogen-bond donors (Lipinski definition) is 1. The van der Waals surface area contributed by atoms with Gasteiger partial charge in [0.05, 0.1) is 12.7 Å². The molecular weight excluding hydrogens is 332 g/mol. The van der Waals surface area contributed by atoms with Crippen molar-refractivity contribution in [3.05, 3.63) is 65.7 Å². The molecule has 1 atom stereocenters. The minimum absolute atomic E-state index is 0.0293. The van der Waals surface area contributed by atoms with Crippen LogP contribution in [0.4, 0.5) is 10.5 Å². The minimum atomic E-state index is -0.532. The number of rotatable bonds is 4. The van der Waals surface area contributed by atoms with Gasteiger partial charge >= 0.3 is 6.09 Å². The second-order valence-electron chi connectivity index (χ2n) is 6.20. The molecule has 1 saturated heterocycles. The molecular formula is C20H22N2O4. The van der Waals surface area contributed by atoms with Gasteiger partial charge in [0.2, 0.25) is 0 Å². The highest BCUT2D eigenvalue weighted by Gasteiger charge is 2.22. The number of benzene rings is 2. The van der Waals surface area contributed by atoms with Gasteiger partial charge < -0.3 is 14.4 Å². The third-order valence-corrected chi connectivity index (χ3v) is 4.12. The molecule has 1 N–H and O–H groups in total. The number of ether oxygens (including phenoxy) is 2. The van der Waals surface area contributed by atoms with Crippen molar-refractivity contribution in [1.82, 2.24) is 4.90 Å². The van der Waals surface area contributed by atoms with Crippen molar-refractivity contribution in [3.63, 3.8) is 0 Å². The molecule has 3 rings (SSSR count). The summed E-state index contributed by atoms with van der Waals surface area (Å²) in [5.74, 6) is -0.0293. The summed E-state index contributed by atoms with van der Waals surface area (Å²) in [6.07, 6.45) is -0.483. The molecule has 1 fully saturated rings. The Labute approximate surface area is 152 Å². The summed E-state index contributed by atoms with van der Waals surface area (Å²) in [7, 11) is 0. The van der Waals surface area contributed by atoms with Gasteiger partial charge in [-0.2, -0.15) is 0 Å². The summed E-state index contributed by atoms with van der Waals surface area (Å²) in [4.78, 5) is 26.1. The summed E-state index contributed by atoms with van der Waals surface area (Å²) in [5.41, 5.74) is 2.08. The van der Waals surface area contributed by atoms with Crippen molar-refractivity contribution in [2.75, 3.05) is 25.0 Å². The summed E-state index contributed by atoms with van der Waals surface area (Å²) in [6, 6.07) is 16.3. The predicted molar refractivity (Wildman–Crippen MR) is 98.0 cm³/mol. The molecule has 0 saturated carbocycles. The third kappa shape index (κ3) is 4.83. The minimum Gasteiger partial charge on any atom is -0.444 e. The lowest BCUT2D eigenvalue weighted by Crippen LogP contribution is -2.44. The van der Waals surface area contributed by atoms with Crippen LogP contribution in [-0.4, -0.2) is 42.7 Å². The van der Waals surface area contributed by atoms with Crippen LogP contribution in [0.5, 0.6) is 0 Å². The number of carbonyl (C=O) groups excluding carboxylic acids is 2. The SMILES string of the molecule is CC1CN(C(=O)c2ccc(NC(=O)OCc3ccccc3)cc2)CCO1. The Hall–Kier alpha value is -2.86. The van der Waals surface area contributed by atoms with Crippen LogP contribution in [0.25, 0.3) is 0 Å². The van der Waals surface area contributed by atoms with Gasteiger partial charge in [-0.1, -0.05) is 30.3 Å². The first-order valence-corrected chi connectivity index (χ1v) is 8.60. The molecule has 6 nitrogen and oxygen atoms in total. The largest absolute Gasteiger partial charge is 0.444 e. The van der Waals surface area contributed by atoms with Crippen LogP contribution in [0.1, 0.15) is 22.8 Å². The quantitative estimate of drug-likeness (QED) is 0.915. The highest BCUT2D eigenvalue weighted by Crippen LogP contribution is 2.14. The van der Waals surface area contributed by atoms with E-state index < -0.39 is 6.09 Å². The first kappa shape index (κ1) is 17.9. The van der Waals surface area contributed by atoms with Crippen LogP contribution >= 0.6 is 0 Å². The first-order chi connectivity index (χ1) is 12.6. The average Bonchev–Trinajstić information content (AvgIpc) is 2.67. The van der Waals surface area contributed by atoms with Crippen LogP contribution in [0.3, 0.4) is 0 Å². The molecule has 6 heteroatoms. The Kier molecular flexibility index (Phi) is 5.86. The number of anilines is 1. The van der Waals surface area contributed by atoms with Crippen LogP contribution in [0.15, 0.2) is 54.6 Å². The molecule has 26 heavy (non-hydrogen) atoms. The highest BCUT2D eigenvalue weighted by molar-refractivity contribution is 5.95. The Morgan fingerprint density at radius 2 is 1.88 bits per heavy atom. The zero-order chi connectivity index (χ0) is 18.4. The second kappa shape index (κ2) is 8.49. The Morgan fingerprint density at radius 1 is 1.15 bits per heavy atom. The lowest BCUT2D eigenvalue weighted by molar-refractivity contribution is -0.0124. The van der Waals surface area contributed by atoms with E-state index in [9.17, 15) is 9.59 Å². The molecule has 1 aliphatic heterocycles. The van der Waals surface area contributed by atoms with Crippen molar-refractivity contribution in [2.24, 2.45) is 0 Å². The number of nitrogens with zero attached hydrogens (tertiary/aromatic N) is 1. The molecule has 0 aromatic heterocycles. The molecule has 1 aliphatic rings. The molecule has 0 spiro atoms. The van der Waals surface area contributed by atoms with Crippen LogP contribution < -0.4 is 5.32 Å². The van der Waals surface area contributed by atoms with Gasteiger partial charge in [-0.3, -0.25) is 10.1 Å². The molecule has 1 unspecified atom stereocenters. The van der Waals surface area contributed by atoms with Gasteiger partial charge in [-0.15, -0.1) is 0 Å². The van der Waals surface area contributed by atoms with Crippen molar-refractivity contribution < 1.29 is 19.1 Å². The summed E-state index contributed by atoms with van der Waals surface area (Å²) in [6.45, 7) is 3.89. The topological polar surface area (TPSA) is 67.9 Å². The van der Waals surface area contributed by atoms with Crippen LogP contribution in [-0.2, 0) is 16.1 Å². The van der Waals surface area contributed by atoms with Gasteiger partial charge in [0.25, 0.3) is 5.91 Å². The van der Waals surface area contributed by atoms with Gasteiger partial charge in [-0.05, 0) is 36.8 Å². The van der Waals surface area contributed by atoms with E-state index in [1.165, 1.54) is 0 Å².